The molecular weight excluding hydrogens is 274 g/mol. The van der Waals surface area contributed by atoms with Gasteiger partial charge >= 0.3 is 0 Å². The van der Waals surface area contributed by atoms with Crippen molar-refractivity contribution in [3.05, 3.63) is 47.9 Å². The van der Waals surface area contributed by atoms with Gasteiger partial charge in [0.2, 0.25) is 0 Å². The Morgan fingerprint density at radius 2 is 1.91 bits per heavy atom. The van der Waals surface area contributed by atoms with Crippen molar-refractivity contribution in [1.29, 1.82) is 5.26 Å². The molecule has 1 saturated heterocycles. The van der Waals surface area contributed by atoms with Crippen LogP contribution in [0.25, 0.3) is 0 Å². The molecule has 0 amide bonds. The Hall–Kier alpha value is -2.61. The molecule has 0 saturated carbocycles. The monoisotopic (exact) mass is 293 g/mol. The van der Waals surface area contributed by atoms with Crippen LogP contribution in [0.15, 0.2) is 36.7 Å². The summed E-state index contributed by atoms with van der Waals surface area (Å²) in [4.78, 5) is 10.7. The van der Waals surface area contributed by atoms with E-state index in [1.54, 1.807) is 6.33 Å². The molecule has 1 aliphatic heterocycles. The van der Waals surface area contributed by atoms with Crippen molar-refractivity contribution in [2.45, 2.75) is 25.8 Å². The fraction of sp³-hybridized carbons (Fsp3) is 0.353. The Morgan fingerprint density at radius 1 is 1.18 bits per heavy atom. The van der Waals surface area contributed by atoms with Gasteiger partial charge in [-0.3, -0.25) is 0 Å². The molecular formula is C17H19N5. The van der Waals surface area contributed by atoms with Gasteiger partial charge in [0.15, 0.2) is 0 Å². The summed E-state index contributed by atoms with van der Waals surface area (Å²) in [7, 11) is 0. The van der Waals surface area contributed by atoms with Crippen molar-refractivity contribution >= 4 is 11.5 Å². The molecule has 3 rings (SSSR count). The molecule has 112 valence electrons. The Bertz CT molecular complexity index is 666. The first-order valence-electron chi connectivity index (χ1n) is 7.55. The first kappa shape index (κ1) is 14.3. The fourth-order valence-corrected chi connectivity index (χ4v) is 2.77. The second-order valence-corrected chi connectivity index (χ2v) is 5.61. The van der Waals surface area contributed by atoms with Crippen LogP contribution in [0.1, 0.15) is 24.1 Å². The maximum atomic E-state index is 8.85. The lowest BCUT2D eigenvalue weighted by atomic mass is 10.0. The zero-order chi connectivity index (χ0) is 15.4. The van der Waals surface area contributed by atoms with Crippen LogP contribution < -0.4 is 10.2 Å². The highest BCUT2D eigenvalue weighted by atomic mass is 15.2. The first-order valence-corrected chi connectivity index (χ1v) is 7.55. The molecule has 0 spiro atoms. The SMILES string of the molecule is Cc1cc(NC2CCN(c3ccc(C#N)cc3)CC2)ncn1. The number of rotatable bonds is 3. The van der Waals surface area contributed by atoms with Gasteiger partial charge in [0.1, 0.15) is 12.1 Å². The molecule has 22 heavy (non-hydrogen) atoms. The van der Waals surface area contributed by atoms with E-state index in [1.807, 2.05) is 37.3 Å². The van der Waals surface area contributed by atoms with Gasteiger partial charge in [-0.1, -0.05) is 0 Å². The number of hydrogen-bond donors (Lipinski definition) is 1. The van der Waals surface area contributed by atoms with Gasteiger partial charge in [0.05, 0.1) is 11.6 Å². The molecule has 1 aromatic carbocycles. The average Bonchev–Trinajstić information content (AvgIpc) is 2.56. The van der Waals surface area contributed by atoms with Crippen LogP contribution in [-0.2, 0) is 0 Å². The third-order valence-corrected chi connectivity index (χ3v) is 4.01. The van der Waals surface area contributed by atoms with Crippen LogP contribution in [0.5, 0.6) is 0 Å². The zero-order valence-electron chi connectivity index (χ0n) is 12.7. The molecule has 1 aromatic heterocycles. The molecule has 5 heteroatoms. The first-order chi connectivity index (χ1) is 10.7. The Kier molecular flexibility index (Phi) is 4.19. The molecule has 0 radical (unpaired) electrons. The molecule has 0 unspecified atom stereocenters. The minimum absolute atomic E-state index is 0.448. The maximum Gasteiger partial charge on any atom is 0.129 e. The Labute approximate surface area is 130 Å². The van der Waals surface area contributed by atoms with E-state index in [0.717, 1.165) is 37.4 Å². The lowest BCUT2D eigenvalue weighted by Gasteiger charge is -2.34. The molecule has 2 heterocycles. The molecule has 0 aliphatic carbocycles. The highest BCUT2D eigenvalue weighted by molar-refractivity contribution is 5.50. The van der Waals surface area contributed by atoms with Crippen molar-refractivity contribution in [3.8, 4) is 6.07 Å². The third kappa shape index (κ3) is 3.34. The lowest BCUT2D eigenvalue weighted by molar-refractivity contribution is 0.525. The van der Waals surface area contributed by atoms with Crippen molar-refractivity contribution in [1.82, 2.24) is 9.97 Å². The minimum Gasteiger partial charge on any atom is -0.371 e. The number of benzene rings is 1. The molecule has 1 N–H and O–H groups in total. The quantitative estimate of drug-likeness (QED) is 0.942. The van der Waals surface area contributed by atoms with E-state index in [2.05, 4.69) is 26.3 Å². The van der Waals surface area contributed by atoms with Gasteiger partial charge in [0, 0.05) is 36.6 Å². The molecule has 5 nitrogen and oxygen atoms in total. The van der Waals surface area contributed by atoms with Crippen molar-refractivity contribution < 1.29 is 0 Å². The summed E-state index contributed by atoms with van der Waals surface area (Å²) in [5, 5.41) is 12.3. The summed E-state index contributed by atoms with van der Waals surface area (Å²) in [5.74, 6) is 0.907. The number of hydrogen-bond acceptors (Lipinski definition) is 5. The second-order valence-electron chi connectivity index (χ2n) is 5.61. The van der Waals surface area contributed by atoms with E-state index in [1.165, 1.54) is 5.69 Å². The summed E-state index contributed by atoms with van der Waals surface area (Å²) in [6, 6.07) is 12.4. The number of anilines is 2. The van der Waals surface area contributed by atoms with Gasteiger partial charge in [0.25, 0.3) is 0 Å². The van der Waals surface area contributed by atoms with Gasteiger partial charge in [-0.2, -0.15) is 5.26 Å². The van der Waals surface area contributed by atoms with Gasteiger partial charge in [-0.05, 0) is 44.0 Å². The predicted octanol–water partition coefficient (Wildman–Crippen LogP) is 2.74. The predicted molar refractivity (Wildman–Crippen MR) is 86.8 cm³/mol. The maximum absolute atomic E-state index is 8.85. The van der Waals surface area contributed by atoms with Crippen molar-refractivity contribution in [2.75, 3.05) is 23.3 Å². The van der Waals surface area contributed by atoms with Crippen LogP contribution in [0.3, 0.4) is 0 Å². The standard InChI is InChI=1S/C17H19N5/c1-13-10-17(20-12-19-13)21-15-6-8-22(9-7-15)16-4-2-14(11-18)3-5-16/h2-5,10,12,15H,6-9H2,1H3,(H,19,20,21). The van der Waals surface area contributed by atoms with E-state index in [4.69, 9.17) is 5.26 Å². The van der Waals surface area contributed by atoms with Crippen LogP contribution in [0.2, 0.25) is 0 Å². The van der Waals surface area contributed by atoms with Crippen molar-refractivity contribution in [2.24, 2.45) is 0 Å². The van der Waals surface area contributed by atoms with E-state index in [0.29, 0.717) is 11.6 Å². The number of aromatic nitrogens is 2. The van der Waals surface area contributed by atoms with Crippen LogP contribution in [0.4, 0.5) is 11.5 Å². The van der Waals surface area contributed by atoms with Gasteiger partial charge < -0.3 is 10.2 Å². The number of piperidine rings is 1. The lowest BCUT2D eigenvalue weighted by Crippen LogP contribution is -2.39. The number of aryl methyl sites for hydroxylation is 1. The summed E-state index contributed by atoms with van der Waals surface area (Å²) in [6.45, 7) is 3.99. The molecule has 1 aliphatic rings. The highest BCUT2D eigenvalue weighted by Crippen LogP contribution is 2.22. The molecule has 0 bridgehead atoms. The zero-order valence-corrected chi connectivity index (χ0v) is 12.7. The number of nitriles is 1. The molecule has 0 atom stereocenters. The van der Waals surface area contributed by atoms with Crippen LogP contribution in [0, 0.1) is 18.3 Å². The minimum atomic E-state index is 0.448. The van der Waals surface area contributed by atoms with E-state index in [9.17, 15) is 0 Å². The second kappa shape index (κ2) is 6.44. The van der Waals surface area contributed by atoms with E-state index >= 15 is 0 Å². The van der Waals surface area contributed by atoms with Crippen molar-refractivity contribution in [3.63, 3.8) is 0 Å². The molecule has 2 aromatic rings. The largest absolute Gasteiger partial charge is 0.371 e. The van der Waals surface area contributed by atoms with Crippen LogP contribution >= 0.6 is 0 Å². The van der Waals surface area contributed by atoms with Gasteiger partial charge in [-0.15, -0.1) is 0 Å². The highest BCUT2D eigenvalue weighted by Gasteiger charge is 2.19. The third-order valence-electron chi connectivity index (χ3n) is 4.01. The topological polar surface area (TPSA) is 64.8 Å². The Balaban J connectivity index is 1.57. The molecule has 1 fully saturated rings. The smallest absolute Gasteiger partial charge is 0.129 e. The average molecular weight is 293 g/mol. The fourth-order valence-electron chi connectivity index (χ4n) is 2.77. The number of nitrogens with zero attached hydrogens (tertiary/aromatic N) is 4. The summed E-state index contributed by atoms with van der Waals surface area (Å²) >= 11 is 0. The summed E-state index contributed by atoms with van der Waals surface area (Å²) in [6.07, 6.45) is 3.75. The van der Waals surface area contributed by atoms with E-state index in [-0.39, 0.29) is 0 Å². The normalized spacial score (nSPS) is 15.4. The van der Waals surface area contributed by atoms with Crippen LogP contribution in [-0.4, -0.2) is 29.1 Å². The summed E-state index contributed by atoms with van der Waals surface area (Å²) < 4.78 is 0. The summed E-state index contributed by atoms with van der Waals surface area (Å²) in [5.41, 5.74) is 2.88. The Morgan fingerprint density at radius 3 is 2.55 bits per heavy atom. The van der Waals surface area contributed by atoms with E-state index < -0.39 is 0 Å². The van der Waals surface area contributed by atoms with Gasteiger partial charge in [-0.25, -0.2) is 9.97 Å². The number of nitrogens with one attached hydrogen (secondary N) is 1.